The lowest BCUT2D eigenvalue weighted by atomic mass is 10.1. The summed E-state index contributed by atoms with van der Waals surface area (Å²) in [6, 6.07) is 16.9. The molecule has 162 valence electrons. The third kappa shape index (κ3) is 4.20. The molecule has 1 aliphatic heterocycles. The average molecular weight is 426 g/mol. The van der Waals surface area contributed by atoms with E-state index < -0.39 is 0 Å². The number of piperazine rings is 1. The van der Waals surface area contributed by atoms with Crippen molar-refractivity contribution in [1.82, 2.24) is 24.2 Å². The van der Waals surface area contributed by atoms with E-state index in [9.17, 15) is 4.79 Å². The molecule has 32 heavy (non-hydrogen) atoms. The average Bonchev–Trinajstić information content (AvgIpc) is 3.19. The van der Waals surface area contributed by atoms with Gasteiger partial charge in [-0.2, -0.15) is 0 Å². The lowest BCUT2D eigenvalue weighted by Gasteiger charge is -2.33. The van der Waals surface area contributed by atoms with Gasteiger partial charge in [0, 0.05) is 56.9 Å². The molecule has 0 spiro atoms. The Bertz CT molecular complexity index is 1210. The van der Waals surface area contributed by atoms with E-state index in [2.05, 4.69) is 74.8 Å². The maximum absolute atomic E-state index is 10.9. The Balaban J connectivity index is 1.53. The van der Waals surface area contributed by atoms with Crippen LogP contribution in [0.1, 0.15) is 11.3 Å². The van der Waals surface area contributed by atoms with Crippen molar-refractivity contribution < 1.29 is 4.79 Å². The SMILES string of the molecule is Cc1ccc(-c2ccc3nc(-c4cccnc4)c(CN4CCN(CC=O)CC4)n3c2)cc1. The molecule has 0 bridgehead atoms. The molecule has 1 saturated heterocycles. The Morgan fingerprint density at radius 3 is 2.38 bits per heavy atom. The van der Waals surface area contributed by atoms with Crippen LogP contribution < -0.4 is 0 Å². The summed E-state index contributed by atoms with van der Waals surface area (Å²) in [5.74, 6) is 0. The number of aromatic nitrogens is 3. The van der Waals surface area contributed by atoms with Gasteiger partial charge in [0.05, 0.1) is 17.9 Å². The zero-order valence-electron chi connectivity index (χ0n) is 18.3. The van der Waals surface area contributed by atoms with Crippen LogP contribution in [0, 0.1) is 6.92 Å². The number of pyridine rings is 2. The molecule has 0 N–H and O–H groups in total. The first kappa shape index (κ1) is 20.5. The van der Waals surface area contributed by atoms with E-state index in [0.29, 0.717) is 6.54 Å². The van der Waals surface area contributed by atoms with Crippen molar-refractivity contribution in [1.29, 1.82) is 0 Å². The Kier molecular flexibility index (Phi) is 5.79. The summed E-state index contributed by atoms with van der Waals surface area (Å²) in [7, 11) is 0. The molecule has 0 saturated carbocycles. The number of fused-ring (bicyclic) bond motifs is 1. The standard InChI is InChI=1S/C26H27N5O/c1-20-4-6-21(7-5-20)23-8-9-25-28-26(22-3-2-10-27-17-22)24(31(25)18-23)19-30-13-11-29(12-14-30)15-16-32/h2-10,16-18H,11-15,19H2,1H3. The molecule has 6 heteroatoms. The Morgan fingerprint density at radius 2 is 1.66 bits per heavy atom. The molecule has 3 aromatic heterocycles. The maximum Gasteiger partial charge on any atom is 0.137 e. The molecule has 1 fully saturated rings. The summed E-state index contributed by atoms with van der Waals surface area (Å²) in [5, 5.41) is 0. The Morgan fingerprint density at radius 1 is 0.906 bits per heavy atom. The normalized spacial score (nSPS) is 15.3. The van der Waals surface area contributed by atoms with Crippen LogP contribution in [0.5, 0.6) is 0 Å². The second-order valence-corrected chi connectivity index (χ2v) is 8.40. The highest BCUT2D eigenvalue weighted by molar-refractivity contribution is 5.70. The van der Waals surface area contributed by atoms with E-state index in [1.54, 1.807) is 6.20 Å². The van der Waals surface area contributed by atoms with Crippen molar-refractivity contribution in [3.05, 3.63) is 78.4 Å². The number of carbonyl (C=O) groups excluding carboxylic acids is 1. The van der Waals surface area contributed by atoms with Gasteiger partial charge < -0.3 is 9.20 Å². The fourth-order valence-electron chi connectivity index (χ4n) is 4.34. The highest BCUT2D eigenvalue weighted by atomic mass is 16.1. The summed E-state index contributed by atoms with van der Waals surface area (Å²) in [6.45, 7) is 7.12. The van der Waals surface area contributed by atoms with Gasteiger partial charge in [-0.3, -0.25) is 14.8 Å². The lowest BCUT2D eigenvalue weighted by Crippen LogP contribution is -2.46. The van der Waals surface area contributed by atoms with Crippen LogP contribution in [-0.4, -0.2) is 63.2 Å². The number of aldehydes is 1. The molecule has 0 amide bonds. The molecule has 5 rings (SSSR count). The maximum atomic E-state index is 10.9. The molecule has 0 unspecified atom stereocenters. The first-order valence-corrected chi connectivity index (χ1v) is 11.1. The van der Waals surface area contributed by atoms with Gasteiger partial charge in [-0.05, 0) is 42.3 Å². The van der Waals surface area contributed by atoms with Gasteiger partial charge in [-0.15, -0.1) is 0 Å². The van der Waals surface area contributed by atoms with Crippen LogP contribution in [0.15, 0.2) is 67.1 Å². The molecular formula is C26H27N5O. The van der Waals surface area contributed by atoms with Gasteiger partial charge in [0.2, 0.25) is 0 Å². The largest absolute Gasteiger partial charge is 0.302 e. The second kappa shape index (κ2) is 9.02. The molecule has 0 atom stereocenters. The van der Waals surface area contributed by atoms with Gasteiger partial charge >= 0.3 is 0 Å². The number of carbonyl (C=O) groups is 1. The Labute approximate surface area is 188 Å². The number of aryl methyl sites for hydroxylation is 1. The molecule has 1 aliphatic rings. The third-order valence-corrected chi connectivity index (χ3v) is 6.21. The monoisotopic (exact) mass is 425 g/mol. The van der Waals surface area contributed by atoms with Crippen molar-refractivity contribution in [2.24, 2.45) is 0 Å². The second-order valence-electron chi connectivity index (χ2n) is 8.40. The topological polar surface area (TPSA) is 53.7 Å². The zero-order valence-corrected chi connectivity index (χ0v) is 18.3. The quantitative estimate of drug-likeness (QED) is 0.441. The van der Waals surface area contributed by atoms with Crippen LogP contribution in [0.25, 0.3) is 28.0 Å². The highest BCUT2D eigenvalue weighted by Gasteiger charge is 2.21. The van der Waals surface area contributed by atoms with Crippen LogP contribution in [-0.2, 0) is 11.3 Å². The minimum atomic E-state index is 0.518. The van der Waals surface area contributed by atoms with E-state index in [4.69, 9.17) is 4.98 Å². The Hall–Kier alpha value is -3.35. The number of benzene rings is 1. The summed E-state index contributed by atoms with van der Waals surface area (Å²) in [4.78, 5) is 24.8. The predicted octanol–water partition coefficient (Wildman–Crippen LogP) is 3.69. The number of nitrogens with zero attached hydrogens (tertiary/aromatic N) is 5. The third-order valence-electron chi connectivity index (χ3n) is 6.21. The minimum Gasteiger partial charge on any atom is -0.302 e. The summed E-state index contributed by atoms with van der Waals surface area (Å²) in [6.07, 6.45) is 6.87. The highest BCUT2D eigenvalue weighted by Crippen LogP contribution is 2.28. The van der Waals surface area contributed by atoms with E-state index in [-0.39, 0.29) is 0 Å². The first-order chi connectivity index (χ1) is 15.7. The van der Waals surface area contributed by atoms with Crippen LogP contribution in [0.2, 0.25) is 0 Å². The molecule has 0 radical (unpaired) electrons. The molecule has 4 aromatic rings. The van der Waals surface area contributed by atoms with Crippen molar-refractivity contribution in [3.63, 3.8) is 0 Å². The molecule has 4 heterocycles. The predicted molar refractivity (Wildman–Crippen MR) is 126 cm³/mol. The van der Waals surface area contributed by atoms with Gasteiger partial charge in [0.1, 0.15) is 11.9 Å². The van der Waals surface area contributed by atoms with Crippen LogP contribution in [0.3, 0.4) is 0 Å². The number of hydrogen-bond acceptors (Lipinski definition) is 5. The van der Waals surface area contributed by atoms with E-state index >= 15 is 0 Å². The fourth-order valence-corrected chi connectivity index (χ4v) is 4.34. The van der Waals surface area contributed by atoms with Crippen molar-refractivity contribution in [2.45, 2.75) is 13.5 Å². The number of imidazole rings is 1. The minimum absolute atomic E-state index is 0.518. The van der Waals surface area contributed by atoms with Crippen molar-refractivity contribution in [2.75, 3.05) is 32.7 Å². The number of rotatable bonds is 6. The zero-order chi connectivity index (χ0) is 21.9. The van der Waals surface area contributed by atoms with Crippen LogP contribution in [0.4, 0.5) is 0 Å². The van der Waals surface area contributed by atoms with Crippen molar-refractivity contribution >= 4 is 11.9 Å². The smallest absolute Gasteiger partial charge is 0.137 e. The molecule has 1 aromatic carbocycles. The fraction of sp³-hybridized carbons (Fsp3) is 0.269. The summed E-state index contributed by atoms with van der Waals surface area (Å²) in [5.41, 5.74) is 7.75. The summed E-state index contributed by atoms with van der Waals surface area (Å²) >= 11 is 0. The lowest BCUT2D eigenvalue weighted by molar-refractivity contribution is -0.109. The van der Waals surface area contributed by atoms with Crippen LogP contribution >= 0.6 is 0 Å². The van der Waals surface area contributed by atoms with Crippen molar-refractivity contribution in [3.8, 4) is 22.4 Å². The van der Waals surface area contributed by atoms with Gasteiger partial charge in [-0.1, -0.05) is 29.8 Å². The first-order valence-electron chi connectivity index (χ1n) is 11.1. The van der Waals surface area contributed by atoms with E-state index in [1.165, 1.54) is 22.4 Å². The summed E-state index contributed by atoms with van der Waals surface area (Å²) < 4.78 is 2.23. The van der Waals surface area contributed by atoms with E-state index in [1.807, 2.05) is 12.3 Å². The molecular weight excluding hydrogens is 398 g/mol. The van der Waals surface area contributed by atoms with E-state index in [0.717, 1.165) is 55.9 Å². The number of hydrogen-bond donors (Lipinski definition) is 0. The van der Waals surface area contributed by atoms with Gasteiger partial charge in [-0.25, -0.2) is 4.98 Å². The van der Waals surface area contributed by atoms with Gasteiger partial charge in [0.15, 0.2) is 0 Å². The molecule has 6 nitrogen and oxygen atoms in total. The van der Waals surface area contributed by atoms with Gasteiger partial charge in [0.25, 0.3) is 0 Å². The molecule has 0 aliphatic carbocycles.